The Morgan fingerprint density at radius 2 is 2.50 bits per heavy atom. The van der Waals surface area contributed by atoms with Gasteiger partial charge in [-0.2, -0.15) is 5.10 Å². The van der Waals surface area contributed by atoms with Gasteiger partial charge in [0, 0.05) is 30.8 Å². The largest absolute Gasteiger partial charge is 0.328 e. The maximum absolute atomic E-state index is 14.7. The summed E-state index contributed by atoms with van der Waals surface area (Å²) in [5.74, 6) is 0. The van der Waals surface area contributed by atoms with Crippen molar-refractivity contribution in [3.05, 3.63) is 18.0 Å². The van der Waals surface area contributed by atoms with Crippen molar-refractivity contribution < 1.29 is 4.39 Å². The zero-order valence-corrected chi connectivity index (χ0v) is 9.82. The second-order valence-corrected chi connectivity index (χ2v) is 4.81. The summed E-state index contributed by atoms with van der Waals surface area (Å²) >= 11 is 0. The third-order valence-electron chi connectivity index (χ3n) is 3.34. The first-order valence-corrected chi connectivity index (χ1v) is 6.11. The van der Waals surface area contributed by atoms with Gasteiger partial charge >= 0.3 is 0 Å². The summed E-state index contributed by atoms with van der Waals surface area (Å²) in [6.45, 7) is 2.94. The van der Waals surface area contributed by atoms with E-state index in [0.29, 0.717) is 18.4 Å². The van der Waals surface area contributed by atoms with E-state index in [2.05, 4.69) is 12.0 Å². The van der Waals surface area contributed by atoms with Crippen LogP contribution in [0, 0.1) is 0 Å². The minimum absolute atomic E-state index is 0.00623. The number of aryl methyl sites for hydroxylation is 1. The number of halogens is 1. The summed E-state index contributed by atoms with van der Waals surface area (Å²) in [4.78, 5) is 0. The average Bonchev–Trinajstić information content (AvgIpc) is 2.67. The van der Waals surface area contributed by atoms with E-state index < -0.39 is 5.67 Å². The summed E-state index contributed by atoms with van der Waals surface area (Å²) in [6.07, 6.45) is 7.34. The molecule has 2 unspecified atom stereocenters. The van der Waals surface area contributed by atoms with Gasteiger partial charge in [0.25, 0.3) is 0 Å². The predicted molar refractivity (Wildman–Crippen MR) is 61.7 cm³/mol. The van der Waals surface area contributed by atoms with Crippen LogP contribution < -0.4 is 5.73 Å². The lowest BCUT2D eigenvalue weighted by Gasteiger charge is -2.32. The smallest absolute Gasteiger partial charge is 0.140 e. The molecule has 16 heavy (non-hydrogen) atoms. The molecule has 0 spiro atoms. The molecule has 2 N–H and O–H groups in total. The molecule has 3 nitrogen and oxygen atoms in total. The van der Waals surface area contributed by atoms with Gasteiger partial charge in [-0.25, -0.2) is 4.39 Å². The zero-order chi connectivity index (χ0) is 11.6. The van der Waals surface area contributed by atoms with Crippen LogP contribution in [0.5, 0.6) is 0 Å². The molecule has 0 saturated heterocycles. The van der Waals surface area contributed by atoms with E-state index in [1.54, 1.807) is 6.20 Å². The lowest BCUT2D eigenvalue weighted by Crippen LogP contribution is -2.35. The Morgan fingerprint density at radius 1 is 1.69 bits per heavy atom. The fraction of sp³-hybridized carbons (Fsp3) is 0.750. The molecule has 1 saturated carbocycles. The van der Waals surface area contributed by atoms with Gasteiger partial charge < -0.3 is 5.73 Å². The summed E-state index contributed by atoms with van der Waals surface area (Å²) in [7, 11) is 0. The summed E-state index contributed by atoms with van der Waals surface area (Å²) in [5.41, 5.74) is 5.30. The van der Waals surface area contributed by atoms with Gasteiger partial charge in [-0.1, -0.05) is 6.92 Å². The van der Waals surface area contributed by atoms with Crippen LogP contribution >= 0.6 is 0 Å². The van der Waals surface area contributed by atoms with Crippen molar-refractivity contribution in [3.63, 3.8) is 0 Å². The Labute approximate surface area is 95.8 Å². The monoisotopic (exact) mass is 225 g/mol. The molecular weight excluding hydrogens is 205 g/mol. The molecule has 1 aliphatic rings. The highest BCUT2D eigenvalue weighted by atomic mass is 19.1. The Hall–Kier alpha value is -0.900. The summed E-state index contributed by atoms with van der Waals surface area (Å²) in [5, 5.41) is 4.19. The van der Waals surface area contributed by atoms with Gasteiger partial charge in [0.2, 0.25) is 0 Å². The zero-order valence-electron chi connectivity index (χ0n) is 9.82. The molecule has 2 atom stereocenters. The van der Waals surface area contributed by atoms with Crippen molar-refractivity contribution in [1.29, 1.82) is 0 Å². The number of rotatable bonds is 3. The average molecular weight is 225 g/mol. The SMILES string of the molecule is CCCn1cc(C2(F)CCCC(N)C2)cn1. The van der Waals surface area contributed by atoms with Gasteiger partial charge in [0.1, 0.15) is 5.67 Å². The minimum atomic E-state index is -1.25. The molecule has 1 aromatic heterocycles. The fourth-order valence-electron chi connectivity index (χ4n) is 2.47. The molecule has 1 fully saturated rings. The van der Waals surface area contributed by atoms with Gasteiger partial charge in [-0.15, -0.1) is 0 Å². The van der Waals surface area contributed by atoms with Crippen molar-refractivity contribution in [1.82, 2.24) is 9.78 Å². The second kappa shape index (κ2) is 4.53. The first kappa shape index (κ1) is 11.6. The normalized spacial score (nSPS) is 30.6. The first-order valence-electron chi connectivity index (χ1n) is 6.11. The van der Waals surface area contributed by atoms with E-state index in [1.165, 1.54) is 0 Å². The third kappa shape index (κ3) is 2.26. The van der Waals surface area contributed by atoms with Crippen LogP contribution in [0.4, 0.5) is 4.39 Å². The summed E-state index contributed by atoms with van der Waals surface area (Å²) < 4.78 is 16.5. The molecule has 0 bridgehead atoms. The third-order valence-corrected chi connectivity index (χ3v) is 3.34. The highest BCUT2D eigenvalue weighted by molar-refractivity contribution is 5.17. The second-order valence-electron chi connectivity index (χ2n) is 4.81. The Balaban J connectivity index is 2.14. The van der Waals surface area contributed by atoms with E-state index in [0.717, 1.165) is 25.8 Å². The number of nitrogens with zero attached hydrogens (tertiary/aromatic N) is 2. The van der Waals surface area contributed by atoms with Crippen LogP contribution in [0.25, 0.3) is 0 Å². The van der Waals surface area contributed by atoms with Gasteiger partial charge in [0.05, 0.1) is 6.20 Å². The van der Waals surface area contributed by atoms with Crippen LogP contribution in [0.3, 0.4) is 0 Å². The van der Waals surface area contributed by atoms with Crippen LogP contribution in [0.2, 0.25) is 0 Å². The number of alkyl halides is 1. The molecule has 4 heteroatoms. The first-order chi connectivity index (χ1) is 7.64. The van der Waals surface area contributed by atoms with Crippen LogP contribution in [-0.2, 0) is 12.2 Å². The predicted octanol–water partition coefficient (Wildman–Crippen LogP) is 2.36. The van der Waals surface area contributed by atoms with Crippen molar-refractivity contribution in [2.24, 2.45) is 5.73 Å². The van der Waals surface area contributed by atoms with E-state index in [4.69, 9.17) is 5.73 Å². The van der Waals surface area contributed by atoms with Crippen LogP contribution in [0.15, 0.2) is 12.4 Å². The molecule has 90 valence electrons. The standard InChI is InChI=1S/C12H20FN3/c1-2-6-16-9-10(8-15-16)12(13)5-3-4-11(14)7-12/h8-9,11H,2-7,14H2,1H3. The minimum Gasteiger partial charge on any atom is -0.328 e. The van der Waals surface area contributed by atoms with Crippen LogP contribution in [-0.4, -0.2) is 15.8 Å². The van der Waals surface area contributed by atoms with Gasteiger partial charge in [-0.05, 0) is 25.7 Å². The van der Waals surface area contributed by atoms with Crippen molar-refractivity contribution in [2.45, 2.75) is 57.3 Å². The Kier molecular flexibility index (Phi) is 3.28. The lowest BCUT2D eigenvalue weighted by molar-refractivity contribution is 0.0946. The highest BCUT2D eigenvalue weighted by Crippen LogP contribution is 2.40. The highest BCUT2D eigenvalue weighted by Gasteiger charge is 2.37. The molecule has 0 amide bonds. The number of hydrogen-bond donors (Lipinski definition) is 1. The van der Waals surface area contributed by atoms with Crippen molar-refractivity contribution in [3.8, 4) is 0 Å². The molecule has 0 aliphatic heterocycles. The van der Waals surface area contributed by atoms with Crippen molar-refractivity contribution >= 4 is 0 Å². The molecule has 1 heterocycles. The quantitative estimate of drug-likeness (QED) is 0.858. The number of aromatic nitrogens is 2. The molecular formula is C12H20FN3. The van der Waals surface area contributed by atoms with E-state index in [1.807, 2.05) is 10.9 Å². The number of nitrogens with two attached hydrogens (primary N) is 1. The maximum Gasteiger partial charge on any atom is 0.140 e. The topological polar surface area (TPSA) is 43.8 Å². The maximum atomic E-state index is 14.7. The van der Waals surface area contributed by atoms with Crippen molar-refractivity contribution in [2.75, 3.05) is 0 Å². The molecule has 1 aromatic rings. The lowest BCUT2D eigenvalue weighted by atomic mass is 9.80. The number of hydrogen-bond acceptors (Lipinski definition) is 2. The fourth-order valence-corrected chi connectivity index (χ4v) is 2.47. The molecule has 0 radical (unpaired) electrons. The molecule has 0 aromatic carbocycles. The van der Waals surface area contributed by atoms with E-state index >= 15 is 0 Å². The summed E-state index contributed by atoms with van der Waals surface area (Å²) in [6, 6.07) is -0.00623. The Morgan fingerprint density at radius 3 is 3.19 bits per heavy atom. The van der Waals surface area contributed by atoms with E-state index in [-0.39, 0.29) is 6.04 Å². The van der Waals surface area contributed by atoms with Gasteiger partial charge in [-0.3, -0.25) is 4.68 Å². The molecule has 1 aliphatic carbocycles. The van der Waals surface area contributed by atoms with Crippen LogP contribution in [0.1, 0.15) is 44.6 Å². The van der Waals surface area contributed by atoms with E-state index in [9.17, 15) is 4.39 Å². The molecule has 2 rings (SSSR count). The Bertz CT molecular complexity index is 350. The van der Waals surface area contributed by atoms with Gasteiger partial charge in [0.15, 0.2) is 0 Å².